The second-order valence-electron chi connectivity index (χ2n) is 5.33. The zero-order chi connectivity index (χ0) is 18.0. The lowest BCUT2D eigenvalue weighted by Crippen LogP contribution is -2.25. The van der Waals surface area contributed by atoms with Gasteiger partial charge in [0.25, 0.3) is 0 Å². The van der Waals surface area contributed by atoms with Crippen LogP contribution in [-0.2, 0) is 5.75 Å². The summed E-state index contributed by atoms with van der Waals surface area (Å²) in [5.41, 5.74) is 6.24. The predicted molar refractivity (Wildman–Crippen MR) is 96.1 cm³/mol. The van der Waals surface area contributed by atoms with E-state index in [1.807, 2.05) is 6.92 Å². The summed E-state index contributed by atoms with van der Waals surface area (Å²) in [6.07, 6.45) is 0. The van der Waals surface area contributed by atoms with Crippen molar-refractivity contribution < 1.29 is 8.78 Å². The molecule has 2 heterocycles. The molecule has 0 saturated heterocycles. The molecule has 6 nitrogen and oxygen atoms in total. The molecule has 0 radical (unpaired) electrons. The maximum absolute atomic E-state index is 13.8. The van der Waals surface area contributed by atoms with Crippen molar-refractivity contribution in [1.29, 1.82) is 0 Å². The van der Waals surface area contributed by atoms with Crippen LogP contribution in [0.1, 0.15) is 12.5 Å². The maximum Gasteiger partial charge on any atom is 0.306 e. The highest BCUT2D eigenvalue weighted by molar-refractivity contribution is 7.98. The Balaban J connectivity index is 1.90. The van der Waals surface area contributed by atoms with Gasteiger partial charge >= 0.3 is 4.87 Å². The fraction of sp³-hybridized carbons (Fsp3) is 0.267. The molecule has 1 aromatic carbocycles. The van der Waals surface area contributed by atoms with E-state index in [1.54, 1.807) is 0 Å². The van der Waals surface area contributed by atoms with Crippen LogP contribution in [0.4, 0.5) is 14.6 Å². The third-order valence-corrected chi connectivity index (χ3v) is 5.16. The highest BCUT2D eigenvalue weighted by atomic mass is 32.2. The van der Waals surface area contributed by atoms with Gasteiger partial charge in [-0.25, -0.2) is 18.7 Å². The van der Waals surface area contributed by atoms with Crippen molar-refractivity contribution in [3.8, 4) is 0 Å². The fourth-order valence-electron chi connectivity index (χ4n) is 2.08. The van der Waals surface area contributed by atoms with Crippen LogP contribution < -0.4 is 15.9 Å². The van der Waals surface area contributed by atoms with E-state index in [2.05, 4.69) is 20.3 Å². The number of aromatic nitrogens is 3. The molecule has 0 aliphatic heterocycles. The summed E-state index contributed by atoms with van der Waals surface area (Å²) in [5, 5.41) is 3.48. The molecule has 0 bridgehead atoms. The molecule has 3 aromatic rings. The van der Waals surface area contributed by atoms with Crippen LogP contribution in [0.3, 0.4) is 0 Å². The molecule has 0 amide bonds. The predicted octanol–water partition coefficient (Wildman–Crippen LogP) is 2.71. The summed E-state index contributed by atoms with van der Waals surface area (Å²) in [6.45, 7) is 2.28. The van der Waals surface area contributed by atoms with E-state index >= 15 is 0 Å². The van der Waals surface area contributed by atoms with Gasteiger partial charge in [-0.1, -0.05) is 35.2 Å². The summed E-state index contributed by atoms with van der Waals surface area (Å²) in [4.78, 5) is 22.7. The minimum Gasteiger partial charge on any atom is -0.365 e. The second kappa shape index (κ2) is 7.46. The summed E-state index contributed by atoms with van der Waals surface area (Å²) >= 11 is 2.15. The summed E-state index contributed by atoms with van der Waals surface area (Å²) in [6, 6.07) is 3.98. The number of nitrogens with one attached hydrogen (secondary N) is 2. The van der Waals surface area contributed by atoms with Crippen molar-refractivity contribution in [1.82, 2.24) is 15.0 Å². The van der Waals surface area contributed by atoms with Gasteiger partial charge in [0.1, 0.15) is 4.70 Å². The molecule has 4 N–H and O–H groups in total. The Bertz CT molecular complexity index is 959. The number of hydrogen-bond donors (Lipinski definition) is 3. The van der Waals surface area contributed by atoms with E-state index in [0.29, 0.717) is 27.9 Å². The molecule has 3 rings (SSSR count). The number of halogens is 2. The SMILES string of the molecule is CC(CN)Nc1nc(SCc2cccc(F)c2F)nc2[nH]c(=O)sc12. The van der Waals surface area contributed by atoms with Gasteiger partial charge in [0.2, 0.25) is 0 Å². The topological polar surface area (TPSA) is 96.7 Å². The zero-order valence-electron chi connectivity index (χ0n) is 13.2. The Kier molecular flexibility index (Phi) is 5.30. The van der Waals surface area contributed by atoms with E-state index in [-0.39, 0.29) is 22.2 Å². The second-order valence-corrected chi connectivity index (χ2v) is 7.26. The Hall–Kier alpha value is -2.04. The summed E-state index contributed by atoms with van der Waals surface area (Å²) < 4.78 is 27.6. The molecular weight excluding hydrogens is 368 g/mol. The van der Waals surface area contributed by atoms with Crippen LogP contribution in [0.25, 0.3) is 10.3 Å². The highest BCUT2D eigenvalue weighted by Gasteiger charge is 2.15. The monoisotopic (exact) mass is 383 g/mol. The van der Waals surface area contributed by atoms with Crippen molar-refractivity contribution in [2.75, 3.05) is 11.9 Å². The molecule has 0 aliphatic carbocycles. The first-order chi connectivity index (χ1) is 12.0. The van der Waals surface area contributed by atoms with Gasteiger partial charge in [-0.05, 0) is 13.0 Å². The molecule has 0 saturated carbocycles. The molecule has 1 unspecified atom stereocenters. The first kappa shape index (κ1) is 17.8. The van der Waals surface area contributed by atoms with Crippen LogP contribution in [0.15, 0.2) is 28.2 Å². The largest absolute Gasteiger partial charge is 0.365 e. The first-order valence-electron chi connectivity index (χ1n) is 7.41. The smallest absolute Gasteiger partial charge is 0.306 e. The Morgan fingerprint density at radius 1 is 1.40 bits per heavy atom. The minimum absolute atomic E-state index is 0.0474. The van der Waals surface area contributed by atoms with E-state index < -0.39 is 11.6 Å². The quantitative estimate of drug-likeness (QED) is 0.447. The summed E-state index contributed by atoms with van der Waals surface area (Å²) in [7, 11) is 0. The minimum atomic E-state index is -0.893. The van der Waals surface area contributed by atoms with Gasteiger partial charge in [0.05, 0.1) is 0 Å². The number of H-pyrrole nitrogens is 1. The molecule has 0 spiro atoms. The lowest BCUT2D eigenvalue weighted by atomic mass is 10.2. The van der Waals surface area contributed by atoms with Crippen LogP contribution in [-0.4, -0.2) is 27.5 Å². The number of thioether (sulfide) groups is 1. The van der Waals surface area contributed by atoms with Gasteiger partial charge in [0.15, 0.2) is 28.3 Å². The molecule has 25 heavy (non-hydrogen) atoms. The molecule has 132 valence electrons. The van der Waals surface area contributed by atoms with Crippen molar-refractivity contribution in [2.45, 2.75) is 23.9 Å². The number of fused-ring (bicyclic) bond motifs is 1. The number of rotatable bonds is 6. The van der Waals surface area contributed by atoms with Gasteiger partial charge in [-0.3, -0.25) is 9.78 Å². The number of nitrogens with zero attached hydrogens (tertiary/aromatic N) is 2. The summed E-state index contributed by atoms with van der Waals surface area (Å²) in [5.74, 6) is -1.12. The van der Waals surface area contributed by atoms with Crippen LogP contribution in [0.2, 0.25) is 0 Å². The van der Waals surface area contributed by atoms with Crippen molar-refractivity contribution in [3.05, 3.63) is 45.1 Å². The Morgan fingerprint density at radius 3 is 2.96 bits per heavy atom. The van der Waals surface area contributed by atoms with E-state index in [4.69, 9.17) is 5.73 Å². The average molecular weight is 383 g/mol. The zero-order valence-corrected chi connectivity index (χ0v) is 14.8. The number of hydrogen-bond acceptors (Lipinski definition) is 7. The average Bonchev–Trinajstić information content (AvgIpc) is 2.96. The van der Waals surface area contributed by atoms with Crippen LogP contribution >= 0.6 is 23.1 Å². The van der Waals surface area contributed by atoms with Crippen molar-refractivity contribution in [2.24, 2.45) is 5.73 Å². The van der Waals surface area contributed by atoms with Gasteiger partial charge in [-0.15, -0.1) is 0 Å². The lowest BCUT2D eigenvalue weighted by molar-refractivity contribution is 0.502. The number of aromatic amines is 1. The number of thiazole rings is 1. The van der Waals surface area contributed by atoms with Crippen LogP contribution in [0.5, 0.6) is 0 Å². The third-order valence-electron chi connectivity index (χ3n) is 3.39. The van der Waals surface area contributed by atoms with Crippen molar-refractivity contribution in [3.63, 3.8) is 0 Å². The van der Waals surface area contributed by atoms with Gasteiger partial charge < -0.3 is 11.1 Å². The van der Waals surface area contributed by atoms with Gasteiger partial charge in [0, 0.05) is 23.9 Å². The van der Waals surface area contributed by atoms with E-state index in [1.165, 1.54) is 12.1 Å². The molecule has 0 aliphatic rings. The normalized spacial score (nSPS) is 12.5. The van der Waals surface area contributed by atoms with Gasteiger partial charge in [-0.2, -0.15) is 0 Å². The van der Waals surface area contributed by atoms with E-state index in [0.717, 1.165) is 29.2 Å². The molecule has 2 aromatic heterocycles. The molecule has 1 atom stereocenters. The lowest BCUT2D eigenvalue weighted by Gasteiger charge is -2.13. The maximum atomic E-state index is 13.8. The van der Waals surface area contributed by atoms with E-state index in [9.17, 15) is 13.6 Å². The number of benzene rings is 1. The Labute approximate surface area is 149 Å². The molecule has 10 heteroatoms. The van der Waals surface area contributed by atoms with Crippen molar-refractivity contribution >= 4 is 39.3 Å². The Morgan fingerprint density at radius 2 is 2.20 bits per heavy atom. The number of anilines is 1. The molecular formula is C15H15F2N5OS2. The fourth-order valence-corrected chi connectivity index (χ4v) is 3.63. The third kappa shape index (κ3) is 3.97. The first-order valence-corrected chi connectivity index (χ1v) is 9.21. The molecule has 0 fully saturated rings. The number of nitrogens with two attached hydrogens (primary N) is 1. The highest BCUT2D eigenvalue weighted by Crippen LogP contribution is 2.28. The van der Waals surface area contributed by atoms with Crippen LogP contribution in [0, 0.1) is 11.6 Å². The standard InChI is InChI=1S/C15H15F2N5OS2/c1-7(5-18)19-12-11-13(22-15(23)25-11)21-14(20-12)24-6-8-3-2-4-9(16)10(8)17/h2-4,7H,5-6,18H2,1H3,(H2,19,20,21,22,23).